The van der Waals surface area contributed by atoms with Gasteiger partial charge in [-0.1, -0.05) is 24.3 Å². The van der Waals surface area contributed by atoms with E-state index >= 15 is 0 Å². The Balaban J connectivity index is 1.55. The van der Waals surface area contributed by atoms with Gasteiger partial charge in [-0.25, -0.2) is 14.5 Å². The monoisotopic (exact) mass is 349 g/mol. The quantitative estimate of drug-likeness (QED) is 0.554. The standard InChI is InChI=1S/C19H19N5O2/c1-14(15-7-9-16(10-8-15)24-12-20-11-21-24)22(2)13-23-17-5-3-4-6-18(17)26-19(23)25/h3-12,14H,13H2,1-2H3/t14-/m1/s1. The number of aromatic nitrogens is 4. The summed E-state index contributed by atoms with van der Waals surface area (Å²) in [6.07, 6.45) is 3.18. The summed E-state index contributed by atoms with van der Waals surface area (Å²) in [5.74, 6) is -0.341. The van der Waals surface area contributed by atoms with E-state index in [1.807, 2.05) is 37.4 Å². The third-order valence-electron chi connectivity index (χ3n) is 4.66. The molecule has 0 amide bonds. The van der Waals surface area contributed by atoms with Gasteiger partial charge in [-0.3, -0.25) is 9.47 Å². The van der Waals surface area contributed by atoms with Gasteiger partial charge in [0.2, 0.25) is 0 Å². The molecule has 26 heavy (non-hydrogen) atoms. The maximum Gasteiger partial charge on any atom is 0.421 e. The van der Waals surface area contributed by atoms with E-state index in [-0.39, 0.29) is 11.8 Å². The van der Waals surface area contributed by atoms with E-state index < -0.39 is 0 Å². The molecule has 2 heterocycles. The fourth-order valence-corrected chi connectivity index (χ4v) is 3.00. The number of hydrogen-bond donors (Lipinski definition) is 0. The second kappa shape index (κ2) is 6.61. The van der Waals surface area contributed by atoms with E-state index in [4.69, 9.17) is 4.42 Å². The molecule has 2 aromatic heterocycles. The van der Waals surface area contributed by atoms with Gasteiger partial charge in [0.05, 0.1) is 17.9 Å². The molecule has 132 valence electrons. The van der Waals surface area contributed by atoms with Crippen LogP contribution in [0.15, 0.2) is 70.4 Å². The van der Waals surface area contributed by atoms with Crippen LogP contribution < -0.4 is 5.76 Å². The Labute approximate surface area is 150 Å². The summed E-state index contributed by atoms with van der Waals surface area (Å²) < 4.78 is 8.67. The average molecular weight is 349 g/mol. The zero-order valence-corrected chi connectivity index (χ0v) is 14.6. The van der Waals surface area contributed by atoms with Crippen LogP contribution in [-0.4, -0.2) is 31.3 Å². The molecule has 1 atom stereocenters. The molecule has 0 saturated heterocycles. The van der Waals surface area contributed by atoms with Crippen molar-refractivity contribution in [3.63, 3.8) is 0 Å². The lowest BCUT2D eigenvalue weighted by atomic mass is 10.1. The normalized spacial score (nSPS) is 12.7. The van der Waals surface area contributed by atoms with Crippen LogP contribution in [0.25, 0.3) is 16.8 Å². The Morgan fingerprint density at radius 2 is 1.92 bits per heavy atom. The number of hydrogen-bond acceptors (Lipinski definition) is 5. The number of rotatable bonds is 5. The van der Waals surface area contributed by atoms with E-state index in [0.29, 0.717) is 12.3 Å². The number of fused-ring (bicyclic) bond motifs is 1. The molecule has 4 rings (SSSR count). The van der Waals surface area contributed by atoms with E-state index in [9.17, 15) is 4.79 Å². The second-order valence-corrected chi connectivity index (χ2v) is 6.27. The van der Waals surface area contributed by atoms with Crippen molar-refractivity contribution in [1.29, 1.82) is 0 Å². The van der Waals surface area contributed by atoms with Gasteiger partial charge in [0, 0.05) is 6.04 Å². The maximum atomic E-state index is 12.2. The second-order valence-electron chi connectivity index (χ2n) is 6.27. The highest BCUT2D eigenvalue weighted by Gasteiger charge is 2.16. The first kappa shape index (κ1) is 16.3. The van der Waals surface area contributed by atoms with Crippen molar-refractivity contribution < 1.29 is 4.42 Å². The first-order valence-electron chi connectivity index (χ1n) is 8.37. The first-order valence-corrected chi connectivity index (χ1v) is 8.37. The molecule has 0 radical (unpaired) electrons. The van der Waals surface area contributed by atoms with Gasteiger partial charge in [-0.2, -0.15) is 5.10 Å². The molecule has 0 spiro atoms. The van der Waals surface area contributed by atoms with E-state index in [1.165, 1.54) is 6.33 Å². The molecule has 0 saturated carbocycles. The van der Waals surface area contributed by atoms with Crippen molar-refractivity contribution in [1.82, 2.24) is 24.2 Å². The minimum absolute atomic E-state index is 0.125. The Hall–Kier alpha value is -3.19. The van der Waals surface area contributed by atoms with Crippen LogP contribution in [0, 0.1) is 0 Å². The Bertz CT molecular complexity index is 1060. The molecule has 7 nitrogen and oxygen atoms in total. The zero-order valence-electron chi connectivity index (χ0n) is 14.6. The Kier molecular flexibility index (Phi) is 4.14. The van der Waals surface area contributed by atoms with Crippen LogP contribution in [0.2, 0.25) is 0 Å². The predicted molar refractivity (Wildman–Crippen MR) is 98.0 cm³/mol. The summed E-state index contributed by atoms with van der Waals surface area (Å²) in [5.41, 5.74) is 3.52. The summed E-state index contributed by atoms with van der Waals surface area (Å²) in [6, 6.07) is 15.7. The van der Waals surface area contributed by atoms with Gasteiger partial charge in [0.25, 0.3) is 0 Å². The van der Waals surface area contributed by atoms with Crippen LogP contribution in [-0.2, 0) is 6.67 Å². The maximum absolute atomic E-state index is 12.2. The molecular weight excluding hydrogens is 330 g/mol. The lowest BCUT2D eigenvalue weighted by molar-refractivity contribution is 0.202. The summed E-state index contributed by atoms with van der Waals surface area (Å²) in [4.78, 5) is 18.2. The molecule has 0 N–H and O–H groups in total. The van der Waals surface area contributed by atoms with Crippen LogP contribution >= 0.6 is 0 Å². The third-order valence-corrected chi connectivity index (χ3v) is 4.66. The van der Waals surface area contributed by atoms with Crippen molar-refractivity contribution in [2.45, 2.75) is 19.6 Å². The van der Waals surface area contributed by atoms with Gasteiger partial charge >= 0.3 is 5.76 Å². The Morgan fingerprint density at radius 3 is 2.65 bits per heavy atom. The molecule has 0 bridgehead atoms. The average Bonchev–Trinajstić information content (AvgIpc) is 3.30. The summed E-state index contributed by atoms with van der Waals surface area (Å²) in [7, 11) is 1.99. The lowest BCUT2D eigenvalue weighted by Gasteiger charge is -2.25. The predicted octanol–water partition coefficient (Wildman–Crippen LogP) is 2.83. The zero-order chi connectivity index (χ0) is 18.1. The molecule has 0 aliphatic heterocycles. The SMILES string of the molecule is C[C@H](c1ccc(-n2cncn2)cc1)N(C)Cn1c(=O)oc2ccccc21. The smallest absolute Gasteiger partial charge is 0.408 e. The number of oxazole rings is 1. The minimum atomic E-state index is -0.341. The molecule has 4 aromatic rings. The summed E-state index contributed by atoms with van der Waals surface area (Å²) in [6.45, 7) is 2.56. The van der Waals surface area contributed by atoms with Crippen LogP contribution in [0.3, 0.4) is 0 Å². The largest absolute Gasteiger partial charge is 0.421 e. The van der Waals surface area contributed by atoms with E-state index in [0.717, 1.165) is 16.8 Å². The highest BCUT2D eigenvalue weighted by atomic mass is 16.4. The number of para-hydroxylation sites is 2. The fraction of sp³-hybridized carbons (Fsp3) is 0.211. The van der Waals surface area contributed by atoms with Crippen LogP contribution in [0.5, 0.6) is 0 Å². The number of benzene rings is 2. The molecule has 0 unspecified atom stereocenters. The Morgan fingerprint density at radius 1 is 1.15 bits per heavy atom. The molecule has 0 fully saturated rings. The number of nitrogens with zero attached hydrogens (tertiary/aromatic N) is 5. The van der Waals surface area contributed by atoms with Gasteiger partial charge in [-0.15, -0.1) is 0 Å². The highest BCUT2D eigenvalue weighted by molar-refractivity contribution is 5.72. The molecule has 7 heteroatoms. The fourth-order valence-electron chi connectivity index (χ4n) is 3.00. The lowest BCUT2D eigenvalue weighted by Crippen LogP contribution is -2.29. The van der Waals surface area contributed by atoms with Crippen molar-refractivity contribution in [2.24, 2.45) is 0 Å². The third kappa shape index (κ3) is 2.93. The molecule has 2 aromatic carbocycles. The molecular formula is C19H19N5O2. The van der Waals surface area contributed by atoms with Crippen molar-refractivity contribution in [2.75, 3.05) is 7.05 Å². The van der Waals surface area contributed by atoms with Gasteiger partial charge in [0.1, 0.15) is 12.7 Å². The van der Waals surface area contributed by atoms with Gasteiger partial charge in [0.15, 0.2) is 5.58 Å². The van der Waals surface area contributed by atoms with E-state index in [1.54, 1.807) is 21.6 Å². The summed E-state index contributed by atoms with van der Waals surface area (Å²) >= 11 is 0. The van der Waals surface area contributed by atoms with Crippen LogP contribution in [0.1, 0.15) is 18.5 Å². The van der Waals surface area contributed by atoms with Crippen molar-refractivity contribution >= 4 is 11.1 Å². The highest BCUT2D eigenvalue weighted by Crippen LogP contribution is 2.21. The molecule has 0 aliphatic carbocycles. The van der Waals surface area contributed by atoms with Gasteiger partial charge < -0.3 is 4.42 Å². The van der Waals surface area contributed by atoms with Crippen molar-refractivity contribution in [3.8, 4) is 5.69 Å². The van der Waals surface area contributed by atoms with E-state index in [2.05, 4.69) is 34.0 Å². The topological polar surface area (TPSA) is 69.1 Å². The summed E-state index contributed by atoms with van der Waals surface area (Å²) in [5, 5.41) is 4.13. The first-order chi connectivity index (χ1) is 12.6. The van der Waals surface area contributed by atoms with Gasteiger partial charge in [-0.05, 0) is 43.8 Å². The van der Waals surface area contributed by atoms with Crippen LogP contribution in [0.4, 0.5) is 0 Å². The minimum Gasteiger partial charge on any atom is -0.408 e. The van der Waals surface area contributed by atoms with Crippen molar-refractivity contribution in [3.05, 3.63) is 77.3 Å². The molecule has 0 aliphatic rings.